The van der Waals surface area contributed by atoms with E-state index in [1.807, 2.05) is 94.4 Å². The van der Waals surface area contributed by atoms with Crippen LogP contribution in [0.5, 0.6) is 11.5 Å². The highest BCUT2D eigenvalue weighted by molar-refractivity contribution is 7.86. The van der Waals surface area contributed by atoms with Gasteiger partial charge in [-0.2, -0.15) is 18.6 Å². The highest BCUT2D eigenvalue weighted by Crippen LogP contribution is 2.38. The quantitative estimate of drug-likeness (QED) is 0.0402. The molecule has 6 N–H and O–H groups in total. The van der Waals surface area contributed by atoms with Crippen molar-refractivity contribution in [3.8, 4) is 11.5 Å². The first kappa shape index (κ1) is 37.4. The van der Waals surface area contributed by atoms with Gasteiger partial charge in [-0.1, -0.05) is 12.1 Å². The van der Waals surface area contributed by atoms with Gasteiger partial charge in [-0.3, -0.25) is 4.55 Å². The SMILES string of the molecule is COc1ccc(Nc2ccc3c(O)c(N=Nc4cc(C)c(NNc5cc(C)c(N=Nc6ccc(CO)cc6S(=O)(=O)O)cc5C)cc4C)ccc3c2)cc1. The number of nitrogens with one attached hydrogen (secondary N) is 3. The molecule has 0 aromatic heterocycles. The van der Waals surface area contributed by atoms with Crippen LogP contribution in [0, 0.1) is 27.7 Å². The van der Waals surface area contributed by atoms with Crippen molar-refractivity contribution in [2.45, 2.75) is 39.2 Å². The molecule has 6 aromatic rings. The minimum Gasteiger partial charge on any atom is -0.505 e. The van der Waals surface area contributed by atoms with Crippen LogP contribution in [0.4, 0.5) is 45.5 Å². The number of aryl methyl sites for hydroxylation is 4. The van der Waals surface area contributed by atoms with Crippen LogP contribution in [0.1, 0.15) is 27.8 Å². The Hall–Kier alpha value is -6.35. The molecule has 6 rings (SSSR count). The third kappa shape index (κ3) is 8.47. The fourth-order valence-corrected chi connectivity index (χ4v) is 6.36. The number of hydrogen-bond acceptors (Lipinski definition) is 12. The maximum Gasteiger partial charge on any atom is 0.296 e. The molecule has 0 unspecified atom stereocenters. The van der Waals surface area contributed by atoms with E-state index in [1.165, 1.54) is 12.1 Å². The van der Waals surface area contributed by atoms with E-state index in [4.69, 9.17) is 4.74 Å². The lowest BCUT2D eigenvalue weighted by Crippen LogP contribution is -2.11. The van der Waals surface area contributed by atoms with Gasteiger partial charge in [0.1, 0.15) is 22.0 Å². The number of methoxy groups -OCH3 is 1. The molecular formula is C40H39N7O6S. The van der Waals surface area contributed by atoms with E-state index in [2.05, 4.69) is 36.6 Å². The van der Waals surface area contributed by atoms with Crippen LogP contribution in [0.25, 0.3) is 10.8 Å². The molecule has 0 fully saturated rings. The van der Waals surface area contributed by atoms with Crippen LogP contribution in [0.2, 0.25) is 0 Å². The molecule has 14 heteroatoms. The lowest BCUT2D eigenvalue weighted by Gasteiger charge is -2.16. The number of rotatable bonds is 12. The number of phenols is 1. The van der Waals surface area contributed by atoms with Crippen LogP contribution >= 0.6 is 0 Å². The molecular weight excluding hydrogens is 707 g/mol. The monoisotopic (exact) mass is 745 g/mol. The summed E-state index contributed by atoms with van der Waals surface area (Å²) >= 11 is 0. The first-order valence-corrected chi connectivity index (χ1v) is 18.2. The molecule has 6 aromatic carbocycles. The fraction of sp³-hybridized carbons (Fsp3) is 0.150. The standard InChI is InChI=1S/C40H39N7O6S/c1-23-18-37(25(3)16-35(23)44-42-33-14-6-27(22-48)20-39(33)54(50,51)52)46-47-38-19-24(2)36(17-26(38)4)45-43-34-15-7-28-21-30(10-13-32(28)40(34)49)41-29-8-11-31(53-5)12-9-29/h6-21,41,46-49H,22H2,1-5H3,(H,50,51,52). The van der Waals surface area contributed by atoms with Crippen molar-refractivity contribution in [3.05, 3.63) is 125 Å². The van der Waals surface area contributed by atoms with Crippen molar-refractivity contribution in [1.29, 1.82) is 0 Å². The second-order valence-corrected chi connectivity index (χ2v) is 14.1. The molecule has 0 spiro atoms. The number of aromatic hydroxyl groups is 1. The summed E-state index contributed by atoms with van der Waals surface area (Å²) < 4.78 is 38.7. The molecule has 0 aliphatic heterocycles. The van der Waals surface area contributed by atoms with Crippen LogP contribution in [0.15, 0.2) is 122 Å². The zero-order chi connectivity index (χ0) is 38.6. The van der Waals surface area contributed by atoms with Gasteiger partial charge in [0.15, 0.2) is 5.75 Å². The van der Waals surface area contributed by atoms with E-state index in [0.717, 1.165) is 62.2 Å². The predicted molar refractivity (Wildman–Crippen MR) is 211 cm³/mol. The van der Waals surface area contributed by atoms with Gasteiger partial charge in [-0.15, -0.1) is 10.2 Å². The summed E-state index contributed by atoms with van der Waals surface area (Å²) in [7, 11) is -2.95. The fourth-order valence-electron chi connectivity index (χ4n) is 5.68. The highest BCUT2D eigenvalue weighted by atomic mass is 32.2. The van der Waals surface area contributed by atoms with Gasteiger partial charge in [0.05, 0.1) is 36.5 Å². The summed E-state index contributed by atoms with van der Waals surface area (Å²) in [6, 6.07) is 28.6. The summed E-state index contributed by atoms with van der Waals surface area (Å²) in [5.74, 6) is 0.822. The molecule has 0 amide bonds. The lowest BCUT2D eigenvalue weighted by molar-refractivity contribution is 0.281. The first-order valence-electron chi connectivity index (χ1n) is 16.8. The molecule has 0 radical (unpaired) electrons. The Labute approximate surface area is 312 Å². The Morgan fingerprint density at radius 2 is 1.19 bits per heavy atom. The number of aliphatic hydroxyl groups excluding tert-OH is 1. The number of hydrogen-bond donors (Lipinski definition) is 6. The number of azo groups is 2. The van der Waals surface area contributed by atoms with Gasteiger partial charge >= 0.3 is 0 Å². The first-order chi connectivity index (χ1) is 25.8. The van der Waals surface area contributed by atoms with Gasteiger partial charge in [0.2, 0.25) is 0 Å². The van der Waals surface area contributed by atoms with Gasteiger partial charge in [-0.25, -0.2) is 0 Å². The zero-order valence-electron chi connectivity index (χ0n) is 30.2. The smallest absolute Gasteiger partial charge is 0.296 e. The topological polar surface area (TPSA) is 190 Å². The highest BCUT2D eigenvalue weighted by Gasteiger charge is 2.17. The van der Waals surface area contributed by atoms with Crippen LogP contribution in [-0.2, 0) is 16.7 Å². The number of anilines is 4. The molecule has 0 saturated heterocycles. The van der Waals surface area contributed by atoms with Crippen molar-refractivity contribution in [3.63, 3.8) is 0 Å². The maximum absolute atomic E-state index is 11.9. The van der Waals surface area contributed by atoms with Crippen molar-refractivity contribution in [2.24, 2.45) is 20.5 Å². The average molecular weight is 746 g/mol. The zero-order valence-corrected chi connectivity index (χ0v) is 31.0. The average Bonchev–Trinajstić information content (AvgIpc) is 3.15. The van der Waals surface area contributed by atoms with Crippen LogP contribution in [0.3, 0.4) is 0 Å². The normalized spacial score (nSPS) is 11.8. The number of hydrazine groups is 1. The van der Waals surface area contributed by atoms with E-state index in [-0.39, 0.29) is 18.0 Å². The molecule has 0 saturated carbocycles. The molecule has 0 aliphatic rings. The van der Waals surface area contributed by atoms with E-state index < -0.39 is 15.0 Å². The second kappa shape index (κ2) is 15.7. The van der Waals surface area contributed by atoms with Gasteiger partial charge in [-0.05, 0) is 146 Å². The third-order valence-corrected chi connectivity index (χ3v) is 9.66. The van der Waals surface area contributed by atoms with Crippen molar-refractivity contribution >= 4 is 66.4 Å². The Kier molecular flexibility index (Phi) is 10.9. The third-order valence-electron chi connectivity index (χ3n) is 8.78. The number of fused-ring (bicyclic) bond motifs is 1. The van der Waals surface area contributed by atoms with Crippen molar-refractivity contribution < 1.29 is 27.9 Å². The molecule has 13 nitrogen and oxygen atoms in total. The van der Waals surface area contributed by atoms with E-state index in [0.29, 0.717) is 28.0 Å². The van der Waals surface area contributed by atoms with Crippen LogP contribution < -0.4 is 20.9 Å². The number of nitrogens with zero attached hydrogens (tertiary/aromatic N) is 4. The van der Waals surface area contributed by atoms with Crippen molar-refractivity contribution in [2.75, 3.05) is 23.3 Å². The summed E-state index contributed by atoms with van der Waals surface area (Å²) in [6.07, 6.45) is 0. The molecule has 0 atom stereocenters. The van der Waals surface area contributed by atoms with Gasteiger partial charge < -0.3 is 31.1 Å². The van der Waals surface area contributed by atoms with Gasteiger partial charge in [0, 0.05) is 16.8 Å². The Morgan fingerprint density at radius 1 is 0.630 bits per heavy atom. The molecule has 0 bridgehead atoms. The molecule has 0 aliphatic carbocycles. The van der Waals surface area contributed by atoms with E-state index in [1.54, 1.807) is 19.2 Å². The van der Waals surface area contributed by atoms with Crippen LogP contribution in [-0.4, -0.2) is 30.3 Å². The Balaban J connectivity index is 1.13. The number of benzene rings is 6. The minimum atomic E-state index is -4.58. The van der Waals surface area contributed by atoms with Crippen molar-refractivity contribution in [1.82, 2.24) is 0 Å². The number of ether oxygens (including phenoxy) is 1. The lowest BCUT2D eigenvalue weighted by atomic mass is 10.1. The maximum atomic E-state index is 11.9. The summed E-state index contributed by atoms with van der Waals surface area (Å²) in [5, 5.41) is 42.5. The molecule has 0 heterocycles. The van der Waals surface area contributed by atoms with Gasteiger partial charge in [0.25, 0.3) is 10.1 Å². The predicted octanol–water partition coefficient (Wildman–Crippen LogP) is 10.5. The Bertz CT molecular complexity index is 2540. The number of aliphatic hydroxyl groups is 1. The van der Waals surface area contributed by atoms with E-state index in [9.17, 15) is 23.2 Å². The summed E-state index contributed by atoms with van der Waals surface area (Å²) in [4.78, 5) is -0.437. The Morgan fingerprint density at radius 3 is 1.76 bits per heavy atom. The minimum absolute atomic E-state index is 0.0434. The summed E-state index contributed by atoms with van der Waals surface area (Å²) in [5.41, 5.74) is 15.1. The molecule has 54 heavy (non-hydrogen) atoms. The summed E-state index contributed by atoms with van der Waals surface area (Å²) in [6.45, 7) is 7.22. The second-order valence-electron chi connectivity index (χ2n) is 12.7. The largest absolute Gasteiger partial charge is 0.505 e. The molecule has 276 valence electrons. The number of phenolic OH excluding ortho intramolecular Hbond substituents is 1. The van der Waals surface area contributed by atoms with E-state index >= 15 is 0 Å².